The Bertz CT molecular complexity index is 253. The Labute approximate surface area is 87.5 Å². The first kappa shape index (κ1) is 11.5. The summed E-state index contributed by atoms with van der Waals surface area (Å²) in [6.45, 7) is 2.99. The van der Waals surface area contributed by atoms with Gasteiger partial charge in [-0.1, -0.05) is 5.04 Å². The van der Waals surface area contributed by atoms with Gasteiger partial charge in [-0.25, -0.2) is 9.82 Å². The lowest BCUT2D eigenvalue weighted by molar-refractivity contribution is -0.696. The van der Waals surface area contributed by atoms with E-state index in [1.165, 1.54) is 5.56 Å². The summed E-state index contributed by atoms with van der Waals surface area (Å²) in [6, 6.07) is 4.14. The van der Waals surface area contributed by atoms with E-state index in [4.69, 9.17) is 5.26 Å². The van der Waals surface area contributed by atoms with Crippen LogP contribution >= 0.6 is 12.0 Å². The molecule has 0 aliphatic rings. The molecule has 1 aromatic heterocycles. The van der Waals surface area contributed by atoms with E-state index in [1.807, 2.05) is 12.4 Å². The van der Waals surface area contributed by atoms with Gasteiger partial charge in [-0.15, -0.1) is 4.33 Å². The predicted octanol–water partition coefficient (Wildman–Crippen LogP) is 1.74. The maximum Gasteiger partial charge on any atom is 0.169 e. The second kappa shape index (κ2) is 6.78. The first-order chi connectivity index (χ1) is 6.83. The van der Waals surface area contributed by atoms with Crippen LogP contribution in [0.2, 0.25) is 0 Å². The third-order valence-corrected chi connectivity index (χ3v) is 2.39. The summed E-state index contributed by atoms with van der Waals surface area (Å²) in [5, 5.41) is 11.3. The minimum Gasteiger partial charge on any atom is -0.220 e. The highest BCUT2D eigenvalue weighted by Crippen LogP contribution is 2.03. The van der Waals surface area contributed by atoms with Crippen molar-refractivity contribution >= 4 is 12.0 Å². The standard InChI is InChI=1S/C9H13NO3S/c1-9-3-6-10(7-4-9)5-2-8-14-13-12-11/h3-4,6-7H,2,5,8H2,1H3/p+1. The van der Waals surface area contributed by atoms with Crippen molar-refractivity contribution in [1.29, 1.82) is 0 Å². The van der Waals surface area contributed by atoms with Crippen LogP contribution in [0.4, 0.5) is 0 Å². The molecule has 4 nitrogen and oxygen atoms in total. The zero-order chi connectivity index (χ0) is 10.2. The Morgan fingerprint density at radius 3 is 2.79 bits per heavy atom. The summed E-state index contributed by atoms with van der Waals surface area (Å²) in [6.07, 6.45) is 5.05. The van der Waals surface area contributed by atoms with E-state index in [1.54, 1.807) is 0 Å². The number of aryl methyl sites for hydroxylation is 2. The number of rotatable bonds is 6. The van der Waals surface area contributed by atoms with E-state index >= 15 is 0 Å². The number of aromatic nitrogens is 1. The van der Waals surface area contributed by atoms with Crippen molar-refractivity contribution in [3.63, 3.8) is 0 Å². The molecule has 1 N–H and O–H groups in total. The van der Waals surface area contributed by atoms with Gasteiger partial charge < -0.3 is 0 Å². The van der Waals surface area contributed by atoms with Crippen molar-refractivity contribution < 1.29 is 19.2 Å². The summed E-state index contributed by atoms with van der Waals surface area (Å²) >= 11 is 1.09. The molecule has 0 aromatic carbocycles. The number of pyridine rings is 1. The molecule has 5 heteroatoms. The highest BCUT2D eigenvalue weighted by atomic mass is 32.2. The molecule has 0 amide bonds. The predicted molar refractivity (Wildman–Crippen MR) is 53.2 cm³/mol. The molecular weight excluding hydrogens is 202 g/mol. The lowest BCUT2D eigenvalue weighted by Crippen LogP contribution is -2.32. The van der Waals surface area contributed by atoms with Crippen molar-refractivity contribution in [2.24, 2.45) is 0 Å². The molecule has 14 heavy (non-hydrogen) atoms. The molecule has 0 spiro atoms. The smallest absolute Gasteiger partial charge is 0.169 e. The quantitative estimate of drug-likeness (QED) is 0.258. The molecule has 0 atom stereocenters. The SMILES string of the molecule is Cc1cc[n+](CCCSOOO)cc1. The highest BCUT2D eigenvalue weighted by molar-refractivity contribution is 7.94. The number of nitrogens with zero attached hydrogens (tertiary/aromatic N) is 1. The highest BCUT2D eigenvalue weighted by Gasteiger charge is 1.99. The average molecular weight is 216 g/mol. The third kappa shape index (κ3) is 4.57. The maximum absolute atomic E-state index is 7.86. The van der Waals surface area contributed by atoms with Gasteiger partial charge in [0, 0.05) is 36.3 Å². The van der Waals surface area contributed by atoms with E-state index in [0.29, 0.717) is 0 Å². The molecule has 1 rings (SSSR count). The van der Waals surface area contributed by atoms with Crippen LogP contribution in [0.15, 0.2) is 24.5 Å². The molecule has 0 aliphatic carbocycles. The number of hydrogen-bond donors (Lipinski definition) is 1. The van der Waals surface area contributed by atoms with Crippen molar-refractivity contribution in [2.75, 3.05) is 5.75 Å². The number of hydrogen-bond acceptors (Lipinski definition) is 4. The van der Waals surface area contributed by atoms with Gasteiger partial charge in [-0.05, 0) is 12.5 Å². The lowest BCUT2D eigenvalue weighted by Gasteiger charge is -1.96. The van der Waals surface area contributed by atoms with Gasteiger partial charge >= 0.3 is 0 Å². The zero-order valence-corrected chi connectivity index (χ0v) is 8.87. The first-order valence-electron chi connectivity index (χ1n) is 4.38. The molecule has 0 unspecified atom stereocenters. The van der Waals surface area contributed by atoms with Gasteiger partial charge in [0.05, 0.1) is 0 Å². The molecule has 1 aromatic rings. The van der Waals surface area contributed by atoms with Crippen molar-refractivity contribution in [3.8, 4) is 0 Å². The summed E-state index contributed by atoms with van der Waals surface area (Å²) < 4.78 is 6.36. The van der Waals surface area contributed by atoms with Crippen molar-refractivity contribution in [3.05, 3.63) is 30.1 Å². The first-order valence-corrected chi connectivity index (χ1v) is 5.29. The van der Waals surface area contributed by atoms with Crippen molar-refractivity contribution in [1.82, 2.24) is 0 Å². The van der Waals surface area contributed by atoms with E-state index in [0.717, 1.165) is 30.8 Å². The molecule has 0 saturated carbocycles. The Morgan fingerprint density at radius 2 is 2.14 bits per heavy atom. The monoisotopic (exact) mass is 216 g/mol. The van der Waals surface area contributed by atoms with Crippen LogP contribution < -0.4 is 4.57 Å². The van der Waals surface area contributed by atoms with Crippen LogP contribution in [0, 0.1) is 6.92 Å². The molecule has 0 fully saturated rings. The third-order valence-electron chi connectivity index (χ3n) is 1.78. The molecule has 0 bridgehead atoms. The van der Waals surface area contributed by atoms with Gasteiger partial charge in [0.25, 0.3) is 0 Å². The van der Waals surface area contributed by atoms with E-state index in [-0.39, 0.29) is 0 Å². The Balaban J connectivity index is 2.15. The van der Waals surface area contributed by atoms with Crippen LogP contribution in [0.3, 0.4) is 0 Å². The van der Waals surface area contributed by atoms with Crippen LogP contribution in [-0.4, -0.2) is 11.0 Å². The van der Waals surface area contributed by atoms with Gasteiger partial charge in [-0.3, -0.25) is 0 Å². The summed E-state index contributed by atoms with van der Waals surface area (Å²) in [5.41, 5.74) is 1.26. The summed E-state index contributed by atoms with van der Waals surface area (Å²) in [7, 11) is 0. The van der Waals surface area contributed by atoms with E-state index in [9.17, 15) is 0 Å². The summed E-state index contributed by atoms with van der Waals surface area (Å²) in [5.74, 6) is 0.779. The van der Waals surface area contributed by atoms with Crippen LogP contribution in [-0.2, 0) is 15.9 Å². The normalized spacial score (nSPS) is 10.4. The largest absolute Gasteiger partial charge is 0.220 e. The molecule has 1 heterocycles. The fourth-order valence-corrected chi connectivity index (χ4v) is 1.40. The van der Waals surface area contributed by atoms with Crippen LogP contribution in [0.25, 0.3) is 0 Å². The molecule has 0 aliphatic heterocycles. The Kier molecular flexibility index (Phi) is 5.55. The van der Waals surface area contributed by atoms with Gasteiger partial charge in [0.2, 0.25) is 0 Å². The minimum absolute atomic E-state index is 0.779. The topological polar surface area (TPSA) is 42.6 Å². The van der Waals surface area contributed by atoms with E-state index in [2.05, 4.69) is 33.0 Å². The molecular formula is C9H14NO3S+. The Morgan fingerprint density at radius 1 is 1.43 bits per heavy atom. The second-order valence-electron chi connectivity index (χ2n) is 2.93. The average Bonchev–Trinajstić information content (AvgIpc) is 2.21. The van der Waals surface area contributed by atoms with Gasteiger partial charge in [0.15, 0.2) is 12.4 Å². The molecule has 0 saturated heterocycles. The molecule has 78 valence electrons. The van der Waals surface area contributed by atoms with Crippen molar-refractivity contribution in [2.45, 2.75) is 19.9 Å². The van der Waals surface area contributed by atoms with Gasteiger partial charge in [-0.2, -0.15) is 0 Å². The lowest BCUT2D eigenvalue weighted by atomic mass is 10.3. The molecule has 0 radical (unpaired) electrons. The Hall–Kier alpha value is -0.620. The second-order valence-corrected chi connectivity index (χ2v) is 3.71. The fourth-order valence-electron chi connectivity index (χ4n) is 1.04. The van der Waals surface area contributed by atoms with Gasteiger partial charge in [0.1, 0.15) is 6.54 Å². The fraction of sp³-hybridized carbons (Fsp3) is 0.444. The van der Waals surface area contributed by atoms with Crippen LogP contribution in [0.1, 0.15) is 12.0 Å². The zero-order valence-electron chi connectivity index (χ0n) is 8.05. The maximum atomic E-state index is 7.86. The minimum atomic E-state index is 0.779. The van der Waals surface area contributed by atoms with Crippen LogP contribution in [0.5, 0.6) is 0 Å². The summed E-state index contributed by atoms with van der Waals surface area (Å²) in [4.78, 5) is 0. The van der Waals surface area contributed by atoms with E-state index < -0.39 is 0 Å².